The molecule has 0 radical (unpaired) electrons. The molecule has 0 aromatic carbocycles. The normalized spacial score (nSPS) is 29.8. The minimum atomic E-state index is -0.692. The average Bonchev–Trinajstić information content (AvgIpc) is 3.05. The van der Waals surface area contributed by atoms with Crippen LogP contribution in [0.2, 0.25) is 0 Å². The summed E-state index contributed by atoms with van der Waals surface area (Å²) in [4.78, 5) is 13.6. The highest BCUT2D eigenvalue weighted by atomic mass is 16.4. The van der Waals surface area contributed by atoms with Crippen molar-refractivity contribution in [3.63, 3.8) is 0 Å². The van der Waals surface area contributed by atoms with Gasteiger partial charge in [-0.1, -0.05) is 6.42 Å². The van der Waals surface area contributed by atoms with Crippen molar-refractivity contribution in [2.75, 3.05) is 13.2 Å². The molecule has 2 aliphatic rings. The summed E-state index contributed by atoms with van der Waals surface area (Å²) in [6.45, 7) is 2.06. The minimum Gasteiger partial charge on any atom is -0.480 e. The monoisotopic (exact) mass is 279 g/mol. The number of aliphatic carboxylic acids is 1. The molecular formula is C14H21N3O3. The SMILES string of the molecule is O=C(O)C1C2CCCC2CN1Cc1cnn(CCO)c1. The molecule has 0 spiro atoms. The fourth-order valence-corrected chi connectivity index (χ4v) is 3.84. The first-order valence-corrected chi connectivity index (χ1v) is 7.28. The highest BCUT2D eigenvalue weighted by molar-refractivity contribution is 5.74. The Balaban J connectivity index is 1.70. The van der Waals surface area contributed by atoms with Crippen molar-refractivity contribution in [1.29, 1.82) is 0 Å². The van der Waals surface area contributed by atoms with Crippen LogP contribution in [0.5, 0.6) is 0 Å². The summed E-state index contributed by atoms with van der Waals surface area (Å²) in [5.74, 6) is 0.172. The molecule has 0 amide bonds. The van der Waals surface area contributed by atoms with Gasteiger partial charge in [-0.2, -0.15) is 5.10 Å². The van der Waals surface area contributed by atoms with E-state index in [1.54, 1.807) is 10.9 Å². The molecule has 1 aromatic heterocycles. The van der Waals surface area contributed by atoms with Crippen LogP contribution < -0.4 is 0 Å². The number of carboxylic acids is 1. The molecule has 1 aliphatic heterocycles. The molecule has 3 atom stereocenters. The standard InChI is InChI=1S/C14H21N3O3/c18-5-4-17-8-10(6-15-17)7-16-9-11-2-1-3-12(11)13(16)14(19)20/h6,8,11-13,18H,1-5,7,9H2,(H,19,20). The lowest BCUT2D eigenvalue weighted by Crippen LogP contribution is -2.39. The summed E-state index contributed by atoms with van der Waals surface area (Å²) in [6.07, 6.45) is 7.03. The molecule has 20 heavy (non-hydrogen) atoms. The van der Waals surface area contributed by atoms with Crippen LogP contribution in [0.1, 0.15) is 24.8 Å². The van der Waals surface area contributed by atoms with E-state index in [0.29, 0.717) is 24.9 Å². The van der Waals surface area contributed by atoms with Crippen LogP contribution in [-0.2, 0) is 17.9 Å². The number of hydrogen-bond donors (Lipinski definition) is 2. The largest absolute Gasteiger partial charge is 0.480 e. The Morgan fingerprint density at radius 3 is 3.05 bits per heavy atom. The van der Waals surface area contributed by atoms with Crippen molar-refractivity contribution in [3.05, 3.63) is 18.0 Å². The number of aliphatic hydroxyl groups is 1. The van der Waals surface area contributed by atoms with E-state index in [2.05, 4.69) is 10.00 Å². The molecule has 110 valence electrons. The number of carboxylic acid groups (broad SMARTS) is 1. The Labute approximate surface area is 118 Å². The molecule has 1 aromatic rings. The van der Waals surface area contributed by atoms with Gasteiger partial charge in [0.25, 0.3) is 0 Å². The first-order chi connectivity index (χ1) is 9.69. The van der Waals surface area contributed by atoms with E-state index in [1.807, 2.05) is 6.20 Å². The molecule has 2 N–H and O–H groups in total. The van der Waals surface area contributed by atoms with Crippen molar-refractivity contribution in [1.82, 2.24) is 14.7 Å². The van der Waals surface area contributed by atoms with E-state index in [9.17, 15) is 9.90 Å². The first-order valence-electron chi connectivity index (χ1n) is 7.28. The van der Waals surface area contributed by atoms with Gasteiger partial charge in [0.15, 0.2) is 0 Å². The summed E-state index contributed by atoms with van der Waals surface area (Å²) in [5, 5.41) is 22.6. The van der Waals surface area contributed by atoms with E-state index in [4.69, 9.17) is 5.11 Å². The third-order valence-electron chi connectivity index (χ3n) is 4.64. The number of nitrogens with zero attached hydrogens (tertiary/aromatic N) is 3. The summed E-state index contributed by atoms with van der Waals surface area (Å²) in [6, 6.07) is -0.344. The second kappa shape index (κ2) is 5.54. The van der Waals surface area contributed by atoms with Gasteiger partial charge < -0.3 is 10.2 Å². The zero-order valence-electron chi connectivity index (χ0n) is 11.5. The second-order valence-corrected chi connectivity index (χ2v) is 5.90. The number of fused-ring (bicyclic) bond motifs is 1. The summed E-state index contributed by atoms with van der Waals surface area (Å²) in [7, 11) is 0. The van der Waals surface area contributed by atoms with Gasteiger partial charge in [0, 0.05) is 24.8 Å². The maximum atomic E-state index is 11.6. The maximum Gasteiger partial charge on any atom is 0.321 e. The van der Waals surface area contributed by atoms with Crippen molar-refractivity contribution in [2.45, 2.75) is 38.4 Å². The topological polar surface area (TPSA) is 78.6 Å². The molecule has 3 unspecified atom stereocenters. The highest BCUT2D eigenvalue weighted by Gasteiger charge is 2.47. The van der Waals surface area contributed by atoms with Gasteiger partial charge in [-0.25, -0.2) is 0 Å². The van der Waals surface area contributed by atoms with Gasteiger partial charge in [-0.05, 0) is 24.7 Å². The molecule has 1 saturated heterocycles. The van der Waals surface area contributed by atoms with E-state index in [0.717, 1.165) is 24.9 Å². The molecule has 1 aliphatic carbocycles. The average molecular weight is 279 g/mol. The van der Waals surface area contributed by atoms with Gasteiger partial charge >= 0.3 is 5.97 Å². The Kier molecular flexibility index (Phi) is 3.76. The molecule has 3 rings (SSSR count). The van der Waals surface area contributed by atoms with Crippen LogP contribution in [0.15, 0.2) is 12.4 Å². The third kappa shape index (κ3) is 2.45. The van der Waals surface area contributed by atoms with Crippen LogP contribution in [-0.4, -0.2) is 50.1 Å². The predicted molar refractivity (Wildman–Crippen MR) is 72.0 cm³/mol. The molecule has 0 bridgehead atoms. The van der Waals surface area contributed by atoms with Gasteiger partial charge in [0.1, 0.15) is 6.04 Å². The Morgan fingerprint density at radius 1 is 1.45 bits per heavy atom. The third-order valence-corrected chi connectivity index (χ3v) is 4.64. The van der Waals surface area contributed by atoms with Crippen LogP contribution >= 0.6 is 0 Å². The maximum absolute atomic E-state index is 11.6. The van der Waals surface area contributed by atoms with Crippen LogP contribution in [0.4, 0.5) is 0 Å². The summed E-state index contributed by atoms with van der Waals surface area (Å²) >= 11 is 0. The summed E-state index contributed by atoms with van der Waals surface area (Å²) < 4.78 is 1.70. The molecule has 1 saturated carbocycles. The second-order valence-electron chi connectivity index (χ2n) is 5.90. The smallest absolute Gasteiger partial charge is 0.321 e. The number of carbonyl (C=O) groups is 1. The molecule has 6 heteroatoms. The minimum absolute atomic E-state index is 0.0622. The van der Waals surface area contributed by atoms with Crippen molar-refractivity contribution >= 4 is 5.97 Å². The highest BCUT2D eigenvalue weighted by Crippen LogP contribution is 2.42. The van der Waals surface area contributed by atoms with Gasteiger partial charge in [0.05, 0.1) is 19.3 Å². The van der Waals surface area contributed by atoms with Gasteiger partial charge in [-0.3, -0.25) is 14.4 Å². The molecule has 6 nitrogen and oxygen atoms in total. The lowest BCUT2D eigenvalue weighted by molar-refractivity contribution is -0.143. The van der Waals surface area contributed by atoms with E-state index < -0.39 is 5.97 Å². The van der Waals surface area contributed by atoms with E-state index >= 15 is 0 Å². The number of aromatic nitrogens is 2. The fourth-order valence-electron chi connectivity index (χ4n) is 3.84. The first kappa shape index (κ1) is 13.6. The van der Waals surface area contributed by atoms with Gasteiger partial charge in [-0.15, -0.1) is 0 Å². The van der Waals surface area contributed by atoms with E-state index in [1.165, 1.54) is 6.42 Å². The zero-order valence-corrected chi connectivity index (χ0v) is 11.5. The Hall–Kier alpha value is -1.40. The number of aliphatic hydroxyl groups excluding tert-OH is 1. The van der Waals surface area contributed by atoms with Crippen LogP contribution in [0.25, 0.3) is 0 Å². The Morgan fingerprint density at radius 2 is 2.30 bits per heavy atom. The van der Waals surface area contributed by atoms with Gasteiger partial charge in [0.2, 0.25) is 0 Å². The predicted octanol–water partition coefficient (Wildman–Crippen LogP) is 0.560. The molecule has 2 heterocycles. The summed E-state index contributed by atoms with van der Waals surface area (Å²) in [5.41, 5.74) is 1.02. The lowest BCUT2D eigenvalue weighted by atomic mass is 9.94. The number of hydrogen-bond acceptors (Lipinski definition) is 4. The zero-order chi connectivity index (χ0) is 14.1. The van der Waals surface area contributed by atoms with Crippen molar-refractivity contribution in [2.24, 2.45) is 11.8 Å². The lowest BCUT2D eigenvalue weighted by Gasteiger charge is -2.23. The van der Waals surface area contributed by atoms with Crippen LogP contribution in [0.3, 0.4) is 0 Å². The number of rotatable bonds is 5. The van der Waals surface area contributed by atoms with E-state index in [-0.39, 0.29) is 12.6 Å². The number of likely N-dealkylation sites (tertiary alicyclic amines) is 1. The quantitative estimate of drug-likeness (QED) is 0.823. The Bertz CT molecular complexity index is 488. The fraction of sp³-hybridized carbons (Fsp3) is 0.714. The molecular weight excluding hydrogens is 258 g/mol. The van der Waals surface area contributed by atoms with Crippen molar-refractivity contribution < 1.29 is 15.0 Å². The van der Waals surface area contributed by atoms with Crippen LogP contribution in [0, 0.1) is 11.8 Å². The molecule has 2 fully saturated rings. The van der Waals surface area contributed by atoms with Crippen molar-refractivity contribution in [3.8, 4) is 0 Å².